The van der Waals surface area contributed by atoms with Crippen molar-refractivity contribution in [2.24, 2.45) is 0 Å². The molecule has 0 saturated carbocycles. The lowest BCUT2D eigenvalue weighted by Gasteiger charge is -2.05. The third kappa shape index (κ3) is 6.31. The summed E-state index contributed by atoms with van der Waals surface area (Å²) >= 11 is 1.80. The molecule has 0 aliphatic rings. The van der Waals surface area contributed by atoms with Crippen LogP contribution in [0.5, 0.6) is 0 Å². The molecule has 1 amide bonds. The molecule has 0 aromatic heterocycles. The van der Waals surface area contributed by atoms with Crippen molar-refractivity contribution < 1.29 is 9.18 Å². The number of aryl methyl sites for hydroxylation is 1. The molecule has 0 fully saturated rings. The van der Waals surface area contributed by atoms with Crippen molar-refractivity contribution in [3.8, 4) is 0 Å². The number of carbonyl (C=O) groups is 1. The predicted molar refractivity (Wildman–Crippen MR) is 89.5 cm³/mol. The third-order valence-corrected chi connectivity index (χ3v) is 4.31. The van der Waals surface area contributed by atoms with Crippen LogP contribution in [0.2, 0.25) is 0 Å². The molecule has 0 aliphatic carbocycles. The van der Waals surface area contributed by atoms with Crippen LogP contribution < -0.4 is 5.32 Å². The number of benzene rings is 2. The summed E-state index contributed by atoms with van der Waals surface area (Å²) in [6, 6.07) is 16.5. The van der Waals surface area contributed by atoms with Gasteiger partial charge in [-0.3, -0.25) is 4.79 Å². The molecule has 22 heavy (non-hydrogen) atoms. The van der Waals surface area contributed by atoms with Crippen molar-refractivity contribution in [3.05, 3.63) is 66.0 Å². The standard InChI is InChI=1S/C18H20FNOS/c19-16-10-7-15(8-11-16)9-12-18(21)20-13-4-14-22-17-5-2-1-3-6-17/h1-3,5-8,10-11H,4,9,12-14H2,(H,20,21). The lowest BCUT2D eigenvalue weighted by molar-refractivity contribution is -0.121. The third-order valence-electron chi connectivity index (χ3n) is 3.21. The lowest BCUT2D eigenvalue weighted by Crippen LogP contribution is -2.24. The molecular weight excluding hydrogens is 297 g/mol. The molecule has 2 aromatic rings. The minimum Gasteiger partial charge on any atom is -0.356 e. The Bertz CT molecular complexity index is 571. The molecule has 0 saturated heterocycles. The lowest BCUT2D eigenvalue weighted by atomic mass is 10.1. The zero-order valence-corrected chi connectivity index (χ0v) is 13.2. The molecule has 0 aliphatic heterocycles. The number of amides is 1. The molecule has 0 spiro atoms. The average molecular weight is 317 g/mol. The van der Waals surface area contributed by atoms with Crippen LogP contribution in [0.3, 0.4) is 0 Å². The molecule has 0 heterocycles. The topological polar surface area (TPSA) is 29.1 Å². The Balaban J connectivity index is 1.55. The van der Waals surface area contributed by atoms with Crippen molar-refractivity contribution in [1.82, 2.24) is 5.32 Å². The predicted octanol–water partition coefficient (Wildman–Crippen LogP) is 4.06. The van der Waals surface area contributed by atoms with E-state index in [2.05, 4.69) is 17.4 Å². The number of thioether (sulfide) groups is 1. The zero-order valence-electron chi connectivity index (χ0n) is 12.4. The summed E-state index contributed by atoms with van der Waals surface area (Å²) in [5.74, 6) is 0.792. The Morgan fingerprint density at radius 1 is 1.05 bits per heavy atom. The number of nitrogens with one attached hydrogen (secondary N) is 1. The highest BCUT2D eigenvalue weighted by Crippen LogP contribution is 2.17. The van der Waals surface area contributed by atoms with E-state index >= 15 is 0 Å². The summed E-state index contributed by atoms with van der Waals surface area (Å²) in [6.07, 6.45) is 2.03. The van der Waals surface area contributed by atoms with Gasteiger partial charge in [-0.15, -0.1) is 11.8 Å². The van der Waals surface area contributed by atoms with E-state index in [1.54, 1.807) is 23.9 Å². The Morgan fingerprint density at radius 2 is 1.77 bits per heavy atom. The second kappa shape index (κ2) is 9.26. The molecule has 0 bridgehead atoms. The van der Waals surface area contributed by atoms with Gasteiger partial charge in [-0.1, -0.05) is 30.3 Å². The second-order valence-electron chi connectivity index (χ2n) is 4.99. The maximum Gasteiger partial charge on any atom is 0.220 e. The summed E-state index contributed by atoms with van der Waals surface area (Å²) in [5, 5.41) is 2.92. The first-order valence-corrected chi connectivity index (χ1v) is 8.41. The first-order chi connectivity index (χ1) is 10.7. The quantitative estimate of drug-likeness (QED) is 0.588. The summed E-state index contributed by atoms with van der Waals surface area (Å²) in [4.78, 5) is 13.0. The van der Waals surface area contributed by atoms with Crippen molar-refractivity contribution in [2.75, 3.05) is 12.3 Å². The molecule has 116 valence electrons. The number of hydrogen-bond acceptors (Lipinski definition) is 2. The van der Waals surface area contributed by atoms with E-state index in [9.17, 15) is 9.18 Å². The van der Waals surface area contributed by atoms with Crippen LogP contribution in [0.4, 0.5) is 4.39 Å². The van der Waals surface area contributed by atoms with Gasteiger partial charge in [-0.25, -0.2) is 4.39 Å². The van der Waals surface area contributed by atoms with Crippen LogP contribution in [0.1, 0.15) is 18.4 Å². The fourth-order valence-electron chi connectivity index (χ4n) is 2.00. The van der Waals surface area contributed by atoms with Gasteiger partial charge in [-0.2, -0.15) is 0 Å². The van der Waals surface area contributed by atoms with E-state index < -0.39 is 0 Å². The number of carbonyl (C=O) groups excluding carboxylic acids is 1. The first-order valence-electron chi connectivity index (χ1n) is 7.43. The molecule has 4 heteroatoms. The fraction of sp³-hybridized carbons (Fsp3) is 0.278. The SMILES string of the molecule is O=C(CCc1ccc(F)cc1)NCCCSc1ccccc1. The molecule has 2 aromatic carbocycles. The summed E-state index contributed by atoms with van der Waals surface area (Å²) < 4.78 is 12.8. The second-order valence-corrected chi connectivity index (χ2v) is 6.16. The van der Waals surface area contributed by atoms with Crippen LogP contribution >= 0.6 is 11.8 Å². The molecule has 2 rings (SSSR count). The van der Waals surface area contributed by atoms with Crippen LogP contribution in [0.15, 0.2) is 59.5 Å². The van der Waals surface area contributed by atoms with Crippen LogP contribution in [0.25, 0.3) is 0 Å². The van der Waals surface area contributed by atoms with Crippen LogP contribution in [-0.4, -0.2) is 18.2 Å². The Hall–Kier alpha value is -1.81. The monoisotopic (exact) mass is 317 g/mol. The summed E-state index contributed by atoms with van der Waals surface area (Å²) in [6.45, 7) is 0.697. The van der Waals surface area contributed by atoms with E-state index in [0.29, 0.717) is 19.4 Å². The van der Waals surface area contributed by atoms with Crippen molar-refractivity contribution in [2.45, 2.75) is 24.2 Å². The van der Waals surface area contributed by atoms with Gasteiger partial charge in [-0.05, 0) is 48.4 Å². The highest BCUT2D eigenvalue weighted by molar-refractivity contribution is 7.99. The van der Waals surface area contributed by atoms with Crippen molar-refractivity contribution in [3.63, 3.8) is 0 Å². The number of hydrogen-bond donors (Lipinski definition) is 1. The molecule has 2 nitrogen and oxygen atoms in total. The van der Waals surface area contributed by atoms with Gasteiger partial charge in [0.05, 0.1) is 0 Å². The van der Waals surface area contributed by atoms with Crippen LogP contribution in [-0.2, 0) is 11.2 Å². The number of rotatable bonds is 8. The van der Waals surface area contributed by atoms with Crippen molar-refractivity contribution >= 4 is 17.7 Å². The van der Waals surface area contributed by atoms with Crippen LogP contribution in [0, 0.1) is 5.82 Å². The first kappa shape index (κ1) is 16.6. The molecule has 1 N–H and O–H groups in total. The molecule has 0 atom stereocenters. The van der Waals surface area contributed by atoms with Gasteiger partial charge in [0.1, 0.15) is 5.82 Å². The maximum atomic E-state index is 12.8. The summed E-state index contributed by atoms with van der Waals surface area (Å²) in [5.41, 5.74) is 0.983. The summed E-state index contributed by atoms with van der Waals surface area (Å²) in [7, 11) is 0. The Morgan fingerprint density at radius 3 is 2.50 bits per heavy atom. The zero-order chi connectivity index (χ0) is 15.6. The van der Waals surface area contributed by atoms with E-state index in [1.807, 2.05) is 18.2 Å². The molecule has 0 radical (unpaired) electrons. The highest BCUT2D eigenvalue weighted by Gasteiger charge is 2.02. The van der Waals surface area contributed by atoms with Gasteiger partial charge >= 0.3 is 0 Å². The van der Waals surface area contributed by atoms with Crippen molar-refractivity contribution in [1.29, 1.82) is 0 Å². The normalized spacial score (nSPS) is 10.4. The van der Waals surface area contributed by atoms with E-state index in [1.165, 1.54) is 17.0 Å². The van der Waals surface area contributed by atoms with E-state index in [-0.39, 0.29) is 11.7 Å². The molecular formula is C18H20FNOS. The maximum absolute atomic E-state index is 12.8. The molecule has 0 unspecified atom stereocenters. The van der Waals surface area contributed by atoms with E-state index in [4.69, 9.17) is 0 Å². The smallest absolute Gasteiger partial charge is 0.220 e. The minimum atomic E-state index is -0.246. The average Bonchev–Trinajstić information content (AvgIpc) is 2.55. The minimum absolute atomic E-state index is 0.0500. The Kier molecular flexibility index (Phi) is 6.97. The van der Waals surface area contributed by atoms with Gasteiger partial charge in [0.25, 0.3) is 0 Å². The Labute approximate surface area is 135 Å². The van der Waals surface area contributed by atoms with Gasteiger partial charge in [0.2, 0.25) is 5.91 Å². The highest BCUT2D eigenvalue weighted by atomic mass is 32.2. The fourth-order valence-corrected chi connectivity index (χ4v) is 2.88. The largest absolute Gasteiger partial charge is 0.356 e. The van der Waals surface area contributed by atoms with E-state index in [0.717, 1.165) is 17.7 Å². The number of halogens is 1. The van der Waals surface area contributed by atoms with Gasteiger partial charge in [0.15, 0.2) is 0 Å². The van der Waals surface area contributed by atoms with Gasteiger partial charge < -0.3 is 5.32 Å². The van der Waals surface area contributed by atoms with Gasteiger partial charge in [0, 0.05) is 17.9 Å².